The smallest absolute Gasteiger partial charge is 0.338 e. The fourth-order valence-corrected chi connectivity index (χ4v) is 3.59. The van der Waals surface area contributed by atoms with E-state index < -0.39 is 5.97 Å². The number of fused-ring (bicyclic) bond motifs is 1. The van der Waals surface area contributed by atoms with Crippen LogP contribution in [0.1, 0.15) is 28.5 Å². The van der Waals surface area contributed by atoms with Gasteiger partial charge in [0.15, 0.2) is 11.4 Å². The van der Waals surface area contributed by atoms with Crippen LogP contribution in [-0.2, 0) is 11.3 Å². The van der Waals surface area contributed by atoms with Gasteiger partial charge in [-0.05, 0) is 61.9 Å². The molecule has 0 N–H and O–H groups in total. The molecule has 0 spiro atoms. The van der Waals surface area contributed by atoms with Crippen molar-refractivity contribution >= 4 is 17.0 Å². The number of furan rings is 1. The summed E-state index contributed by atoms with van der Waals surface area (Å²) in [5, 5.41) is 5.32. The molecule has 0 atom stereocenters. The van der Waals surface area contributed by atoms with Crippen LogP contribution >= 0.6 is 0 Å². The van der Waals surface area contributed by atoms with Gasteiger partial charge < -0.3 is 13.9 Å². The van der Waals surface area contributed by atoms with Crippen molar-refractivity contribution in [2.24, 2.45) is 0 Å². The van der Waals surface area contributed by atoms with Crippen LogP contribution < -0.4 is 4.74 Å². The van der Waals surface area contributed by atoms with Gasteiger partial charge in [-0.3, -0.25) is 0 Å². The Morgan fingerprint density at radius 3 is 2.68 bits per heavy atom. The number of hydrogen-bond acceptors (Lipinski definition) is 6. The SMILES string of the molecule is C=C/C(=C\C=C/C)Oc1ccc(Cn2nc(C)c3c(C(=O)OC)cc(-c4ccco4)nc32)cc1. The van der Waals surface area contributed by atoms with Crippen molar-refractivity contribution in [1.29, 1.82) is 0 Å². The highest BCUT2D eigenvalue weighted by Gasteiger charge is 2.21. The van der Waals surface area contributed by atoms with Crippen molar-refractivity contribution in [3.05, 3.63) is 102 Å². The number of rotatable bonds is 8. The number of aryl methyl sites for hydroxylation is 1. The maximum atomic E-state index is 12.5. The molecular weight excluding hydrogens is 430 g/mol. The Hall–Kier alpha value is -4.39. The van der Waals surface area contributed by atoms with E-state index in [9.17, 15) is 4.79 Å². The van der Waals surface area contributed by atoms with Gasteiger partial charge in [-0.1, -0.05) is 30.9 Å². The number of methoxy groups -OCH3 is 1. The van der Waals surface area contributed by atoms with Crippen LogP contribution in [0.3, 0.4) is 0 Å². The molecule has 4 aromatic rings. The van der Waals surface area contributed by atoms with E-state index in [2.05, 4.69) is 11.7 Å². The van der Waals surface area contributed by atoms with Gasteiger partial charge in [0.1, 0.15) is 17.2 Å². The molecule has 0 amide bonds. The third-order valence-corrected chi connectivity index (χ3v) is 5.20. The molecule has 0 radical (unpaired) electrons. The Morgan fingerprint density at radius 1 is 1.24 bits per heavy atom. The van der Waals surface area contributed by atoms with Crippen LogP contribution in [0.5, 0.6) is 5.75 Å². The first-order valence-corrected chi connectivity index (χ1v) is 10.8. The van der Waals surface area contributed by atoms with Gasteiger partial charge in [0.25, 0.3) is 0 Å². The summed E-state index contributed by atoms with van der Waals surface area (Å²) in [5.74, 6) is 1.47. The zero-order valence-electron chi connectivity index (χ0n) is 19.3. The average molecular weight is 456 g/mol. The third kappa shape index (κ3) is 4.68. The van der Waals surface area contributed by atoms with Crippen molar-refractivity contribution in [1.82, 2.24) is 14.8 Å². The van der Waals surface area contributed by atoms with Crippen LogP contribution in [-0.4, -0.2) is 27.8 Å². The van der Waals surface area contributed by atoms with Crippen LogP contribution in [0.15, 0.2) is 89.8 Å². The van der Waals surface area contributed by atoms with E-state index in [0.717, 1.165) is 5.56 Å². The molecule has 0 saturated heterocycles. The second-order valence-corrected chi connectivity index (χ2v) is 7.51. The monoisotopic (exact) mass is 455 g/mol. The lowest BCUT2D eigenvalue weighted by Gasteiger charge is -2.09. The molecule has 172 valence electrons. The number of esters is 1. The lowest BCUT2D eigenvalue weighted by atomic mass is 10.1. The molecule has 34 heavy (non-hydrogen) atoms. The number of allylic oxidation sites excluding steroid dienone is 4. The molecule has 0 bridgehead atoms. The Labute approximate surface area is 197 Å². The van der Waals surface area contributed by atoms with Crippen molar-refractivity contribution in [2.75, 3.05) is 7.11 Å². The van der Waals surface area contributed by atoms with E-state index in [1.54, 1.807) is 35.2 Å². The van der Waals surface area contributed by atoms with Gasteiger partial charge >= 0.3 is 5.97 Å². The molecule has 7 heteroatoms. The molecule has 4 rings (SSSR count). The first kappa shape index (κ1) is 22.8. The molecule has 0 fully saturated rings. The average Bonchev–Trinajstić information content (AvgIpc) is 3.50. The minimum atomic E-state index is -0.451. The summed E-state index contributed by atoms with van der Waals surface area (Å²) in [6.07, 6.45) is 8.89. The molecule has 0 aliphatic heterocycles. The van der Waals surface area contributed by atoms with Gasteiger partial charge in [-0.2, -0.15) is 5.10 Å². The standard InChI is InChI=1S/C27H25N3O4/c1-5-7-9-20(6-2)34-21-13-11-19(12-14-21)17-30-26-25(18(3)29-30)22(27(31)32-4)16-23(28-26)24-10-8-15-33-24/h5-16H,2,17H2,1,3-4H3/b7-5-,20-9+. The zero-order valence-corrected chi connectivity index (χ0v) is 19.3. The Kier molecular flexibility index (Phi) is 6.73. The largest absolute Gasteiger partial charge is 0.465 e. The molecule has 3 aromatic heterocycles. The maximum Gasteiger partial charge on any atom is 0.338 e. The summed E-state index contributed by atoms with van der Waals surface area (Å²) in [5.41, 5.74) is 3.21. The first-order valence-electron chi connectivity index (χ1n) is 10.8. The topological polar surface area (TPSA) is 79.4 Å². The minimum absolute atomic E-state index is 0.399. The Bertz CT molecular complexity index is 1380. The lowest BCUT2D eigenvalue weighted by Crippen LogP contribution is -2.06. The minimum Gasteiger partial charge on any atom is -0.465 e. The Balaban J connectivity index is 1.69. The van der Waals surface area contributed by atoms with E-state index in [1.807, 2.05) is 56.3 Å². The highest BCUT2D eigenvalue weighted by molar-refractivity contribution is 6.04. The van der Waals surface area contributed by atoms with Crippen LogP contribution in [0, 0.1) is 6.92 Å². The molecule has 0 aliphatic rings. The number of hydrogen-bond donors (Lipinski definition) is 0. The van der Waals surface area contributed by atoms with Crippen molar-refractivity contribution in [3.63, 3.8) is 0 Å². The predicted molar refractivity (Wildman–Crippen MR) is 131 cm³/mol. The number of benzene rings is 1. The maximum absolute atomic E-state index is 12.5. The second kappa shape index (κ2) is 10.0. The van der Waals surface area contributed by atoms with Crippen molar-refractivity contribution < 1.29 is 18.7 Å². The van der Waals surface area contributed by atoms with E-state index in [0.29, 0.717) is 51.8 Å². The van der Waals surface area contributed by atoms with Gasteiger partial charge in [-0.15, -0.1) is 0 Å². The van der Waals surface area contributed by atoms with Gasteiger partial charge in [0, 0.05) is 0 Å². The third-order valence-electron chi connectivity index (χ3n) is 5.20. The summed E-state index contributed by atoms with van der Waals surface area (Å²) >= 11 is 0. The molecule has 1 aromatic carbocycles. The van der Waals surface area contributed by atoms with Crippen LogP contribution in [0.4, 0.5) is 0 Å². The fourth-order valence-electron chi connectivity index (χ4n) is 3.59. The van der Waals surface area contributed by atoms with Crippen molar-refractivity contribution in [2.45, 2.75) is 20.4 Å². The van der Waals surface area contributed by atoms with Crippen molar-refractivity contribution in [3.8, 4) is 17.2 Å². The zero-order chi connectivity index (χ0) is 24.1. The van der Waals surface area contributed by atoms with E-state index in [1.165, 1.54) is 7.11 Å². The lowest BCUT2D eigenvalue weighted by molar-refractivity contribution is 0.0603. The summed E-state index contributed by atoms with van der Waals surface area (Å²) in [6, 6.07) is 13.0. The Morgan fingerprint density at radius 2 is 2.03 bits per heavy atom. The van der Waals surface area contributed by atoms with Gasteiger partial charge in [-0.25, -0.2) is 14.5 Å². The van der Waals surface area contributed by atoms with Crippen LogP contribution in [0.2, 0.25) is 0 Å². The number of nitrogens with zero attached hydrogens (tertiary/aromatic N) is 3. The normalized spacial score (nSPS) is 11.8. The summed E-state index contributed by atoms with van der Waals surface area (Å²) in [7, 11) is 1.36. The number of carbonyl (C=O) groups is 1. The molecule has 7 nitrogen and oxygen atoms in total. The number of ether oxygens (including phenoxy) is 2. The van der Waals surface area contributed by atoms with Gasteiger partial charge in [0.05, 0.1) is 36.6 Å². The molecular formula is C27H25N3O4. The van der Waals surface area contributed by atoms with E-state index in [4.69, 9.17) is 18.9 Å². The summed E-state index contributed by atoms with van der Waals surface area (Å²) in [4.78, 5) is 17.3. The molecule has 3 heterocycles. The van der Waals surface area contributed by atoms with Gasteiger partial charge in [0.2, 0.25) is 0 Å². The number of pyridine rings is 1. The number of aromatic nitrogens is 3. The highest BCUT2D eigenvalue weighted by atomic mass is 16.5. The van der Waals surface area contributed by atoms with Crippen LogP contribution in [0.25, 0.3) is 22.5 Å². The quantitative estimate of drug-likeness (QED) is 0.188. The summed E-state index contributed by atoms with van der Waals surface area (Å²) in [6.45, 7) is 8.03. The summed E-state index contributed by atoms with van der Waals surface area (Å²) < 4.78 is 18.2. The predicted octanol–water partition coefficient (Wildman–Crippen LogP) is 5.86. The molecule has 0 aliphatic carbocycles. The first-order chi connectivity index (χ1) is 16.5. The highest BCUT2D eigenvalue weighted by Crippen LogP contribution is 2.28. The van der Waals surface area contributed by atoms with E-state index in [-0.39, 0.29) is 0 Å². The number of carbonyl (C=O) groups excluding carboxylic acids is 1. The van der Waals surface area contributed by atoms with E-state index >= 15 is 0 Å². The molecule has 0 saturated carbocycles. The molecule has 0 unspecified atom stereocenters. The fraction of sp³-hybridized carbons (Fsp3) is 0.148. The second-order valence-electron chi connectivity index (χ2n) is 7.51.